The fourth-order valence-corrected chi connectivity index (χ4v) is 2.99. The zero-order valence-electron chi connectivity index (χ0n) is 14.8. The molecule has 5 heterocycles. The summed E-state index contributed by atoms with van der Waals surface area (Å²) in [5.41, 5.74) is 2.65. The predicted octanol–water partition coefficient (Wildman–Crippen LogP) is 3.42. The van der Waals surface area contributed by atoms with Crippen LogP contribution < -0.4 is 5.32 Å². The van der Waals surface area contributed by atoms with Crippen LogP contribution in [0, 0.1) is 0 Å². The number of hydrogen-bond acceptors (Lipinski definition) is 6. The Morgan fingerprint density at radius 2 is 1.89 bits per heavy atom. The van der Waals surface area contributed by atoms with Crippen LogP contribution in [0.15, 0.2) is 65.9 Å². The second kappa shape index (κ2) is 6.27. The summed E-state index contributed by atoms with van der Waals surface area (Å²) in [7, 11) is 1.86. The van der Waals surface area contributed by atoms with Gasteiger partial charge in [-0.3, -0.25) is 14.5 Å². The molecule has 0 atom stereocenters. The van der Waals surface area contributed by atoms with Crippen LogP contribution in [0.3, 0.4) is 0 Å². The van der Waals surface area contributed by atoms with Crippen molar-refractivity contribution >= 4 is 33.5 Å². The van der Waals surface area contributed by atoms with Crippen LogP contribution in [0.1, 0.15) is 10.5 Å². The topological polar surface area (TPSA) is 98.7 Å². The molecule has 5 aromatic rings. The number of nitrogens with zero attached hydrogens (tertiary/aromatic N) is 5. The molecule has 0 aliphatic heterocycles. The number of hydrogen-bond donors (Lipinski definition) is 1. The highest BCUT2D eigenvalue weighted by Gasteiger charge is 2.11. The Morgan fingerprint density at radius 3 is 2.75 bits per heavy atom. The average molecular weight is 370 g/mol. The van der Waals surface area contributed by atoms with E-state index in [1.165, 1.54) is 6.20 Å². The molecule has 0 unspecified atom stereocenters. The first-order valence-corrected chi connectivity index (χ1v) is 8.55. The Morgan fingerprint density at radius 1 is 1.00 bits per heavy atom. The summed E-state index contributed by atoms with van der Waals surface area (Å²) >= 11 is 0. The van der Waals surface area contributed by atoms with E-state index in [0.29, 0.717) is 17.1 Å². The summed E-state index contributed by atoms with van der Waals surface area (Å²) in [4.78, 5) is 25.4. The third-order valence-corrected chi connectivity index (χ3v) is 4.42. The second-order valence-corrected chi connectivity index (χ2v) is 6.37. The zero-order chi connectivity index (χ0) is 19.1. The van der Waals surface area contributed by atoms with Gasteiger partial charge in [-0.2, -0.15) is 5.10 Å². The SMILES string of the molecule is Cn1cc(-c2cc3cc(NC(=O)c4cc5ccoc5cn4)ncc3cn2)cn1. The maximum Gasteiger partial charge on any atom is 0.275 e. The maximum absolute atomic E-state index is 12.5. The first-order valence-electron chi connectivity index (χ1n) is 8.55. The molecule has 0 spiro atoms. The van der Waals surface area contributed by atoms with Gasteiger partial charge in [-0.25, -0.2) is 9.97 Å². The van der Waals surface area contributed by atoms with Gasteiger partial charge in [-0.1, -0.05) is 0 Å². The Hall–Kier alpha value is -4.07. The zero-order valence-corrected chi connectivity index (χ0v) is 14.8. The Labute approximate surface area is 158 Å². The van der Waals surface area contributed by atoms with Crippen LogP contribution in [0.4, 0.5) is 5.82 Å². The number of rotatable bonds is 3. The number of pyridine rings is 3. The van der Waals surface area contributed by atoms with Gasteiger partial charge in [-0.15, -0.1) is 0 Å². The highest BCUT2D eigenvalue weighted by molar-refractivity contribution is 6.04. The number of aromatic nitrogens is 5. The van der Waals surface area contributed by atoms with E-state index < -0.39 is 0 Å². The molecule has 1 amide bonds. The van der Waals surface area contributed by atoms with Gasteiger partial charge < -0.3 is 9.73 Å². The molecule has 28 heavy (non-hydrogen) atoms. The van der Waals surface area contributed by atoms with Gasteiger partial charge in [0, 0.05) is 42.0 Å². The van der Waals surface area contributed by atoms with Crippen molar-refractivity contribution in [3.63, 3.8) is 0 Å². The van der Waals surface area contributed by atoms with Crippen LogP contribution in [-0.4, -0.2) is 30.6 Å². The van der Waals surface area contributed by atoms with E-state index >= 15 is 0 Å². The van der Waals surface area contributed by atoms with Crippen LogP contribution in [0.5, 0.6) is 0 Å². The summed E-state index contributed by atoms with van der Waals surface area (Å²) < 4.78 is 6.98. The maximum atomic E-state index is 12.5. The molecule has 0 aliphatic carbocycles. The molecular formula is C20H14N6O2. The Bertz CT molecular complexity index is 1340. The molecule has 0 fully saturated rings. The van der Waals surface area contributed by atoms with Crippen LogP contribution >= 0.6 is 0 Å². The highest BCUT2D eigenvalue weighted by atomic mass is 16.3. The molecule has 0 aliphatic rings. The quantitative estimate of drug-likeness (QED) is 0.522. The molecule has 0 saturated heterocycles. The Balaban J connectivity index is 1.45. The molecule has 8 nitrogen and oxygen atoms in total. The fraction of sp³-hybridized carbons (Fsp3) is 0.0500. The normalized spacial score (nSPS) is 11.2. The Kier molecular flexibility index (Phi) is 3.61. The van der Waals surface area contributed by atoms with Crippen molar-refractivity contribution in [3.8, 4) is 11.3 Å². The number of amides is 1. The van der Waals surface area contributed by atoms with Gasteiger partial charge in [0.25, 0.3) is 5.91 Å². The first-order chi connectivity index (χ1) is 13.7. The number of carbonyl (C=O) groups excluding carboxylic acids is 1. The van der Waals surface area contributed by atoms with E-state index in [0.717, 1.165) is 27.4 Å². The van der Waals surface area contributed by atoms with Gasteiger partial charge in [0.05, 0.1) is 24.4 Å². The highest BCUT2D eigenvalue weighted by Crippen LogP contribution is 2.23. The number of carbonyl (C=O) groups is 1. The van der Waals surface area contributed by atoms with Crippen molar-refractivity contribution in [1.82, 2.24) is 24.7 Å². The summed E-state index contributed by atoms with van der Waals surface area (Å²) in [5, 5.41) is 9.58. The molecule has 0 bridgehead atoms. The number of furan rings is 1. The van der Waals surface area contributed by atoms with E-state index in [1.807, 2.05) is 25.4 Å². The van der Waals surface area contributed by atoms with Crippen LogP contribution in [0.25, 0.3) is 33.0 Å². The van der Waals surface area contributed by atoms with E-state index in [4.69, 9.17) is 4.42 Å². The monoisotopic (exact) mass is 370 g/mol. The van der Waals surface area contributed by atoms with Gasteiger partial charge in [0.1, 0.15) is 11.5 Å². The van der Waals surface area contributed by atoms with Crippen LogP contribution in [-0.2, 0) is 7.05 Å². The molecule has 1 N–H and O–H groups in total. The summed E-state index contributed by atoms with van der Waals surface area (Å²) in [6, 6.07) is 7.22. The second-order valence-electron chi connectivity index (χ2n) is 6.37. The minimum Gasteiger partial charge on any atom is -0.463 e. The van der Waals surface area contributed by atoms with Crippen molar-refractivity contribution in [2.75, 3.05) is 5.32 Å². The lowest BCUT2D eigenvalue weighted by atomic mass is 10.1. The standard InChI is InChI=1S/C20H14N6O2/c1-26-11-15(9-24-26)16-5-13-6-19(23-8-14(13)7-21-16)25-20(27)17-4-12-2-3-28-18(12)10-22-17/h2-11H,1H3,(H,23,25,27). The minimum atomic E-state index is -0.337. The lowest BCUT2D eigenvalue weighted by molar-refractivity contribution is 0.102. The lowest BCUT2D eigenvalue weighted by Gasteiger charge is -2.06. The molecule has 0 saturated carbocycles. The smallest absolute Gasteiger partial charge is 0.275 e. The third-order valence-electron chi connectivity index (χ3n) is 4.42. The number of aryl methyl sites for hydroxylation is 1. The summed E-state index contributed by atoms with van der Waals surface area (Å²) in [6.07, 6.45) is 10.2. The minimum absolute atomic E-state index is 0.293. The van der Waals surface area contributed by atoms with Gasteiger partial charge in [-0.05, 0) is 29.7 Å². The van der Waals surface area contributed by atoms with Gasteiger partial charge in [0.2, 0.25) is 0 Å². The summed E-state index contributed by atoms with van der Waals surface area (Å²) in [5.74, 6) is 0.103. The third kappa shape index (κ3) is 2.86. The van der Waals surface area contributed by atoms with E-state index in [-0.39, 0.29) is 5.91 Å². The largest absolute Gasteiger partial charge is 0.463 e. The molecule has 136 valence electrons. The van der Waals surface area contributed by atoms with Crippen molar-refractivity contribution in [3.05, 3.63) is 67.2 Å². The molecule has 5 rings (SSSR count). The molecular weight excluding hydrogens is 356 g/mol. The average Bonchev–Trinajstić information content (AvgIpc) is 3.35. The first kappa shape index (κ1) is 16.1. The van der Waals surface area contributed by atoms with Gasteiger partial charge in [0.15, 0.2) is 5.58 Å². The van der Waals surface area contributed by atoms with Crippen molar-refractivity contribution in [1.29, 1.82) is 0 Å². The van der Waals surface area contributed by atoms with Crippen molar-refractivity contribution in [2.24, 2.45) is 7.05 Å². The summed E-state index contributed by atoms with van der Waals surface area (Å²) in [6.45, 7) is 0. The van der Waals surface area contributed by atoms with E-state index in [1.54, 1.807) is 41.7 Å². The lowest BCUT2D eigenvalue weighted by Crippen LogP contribution is -2.14. The van der Waals surface area contributed by atoms with E-state index in [9.17, 15) is 4.79 Å². The van der Waals surface area contributed by atoms with Gasteiger partial charge >= 0.3 is 0 Å². The number of anilines is 1. The molecule has 5 aromatic heterocycles. The van der Waals surface area contributed by atoms with Crippen molar-refractivity contribution < 1.29 is 9.21 Å². The number of nitrogens with one attached hydrogen (secondary N) is 1. The predicted molar refractivity (Wildman–Crippen MR) is 104 cm³/mol. The fourth-order valence-electron chi connectivity index (χ4n) is 2.99. The molecule has 8 heteroatoms. The van der Waals surface area contributed by atoms with E-state index in [2.05, 4.69) is 25.4 Å². The molecule has 0 aromatic carbocycles. The van der Waals surface area contributed by atoms with Crippen molar-refractivity contribution in [2.45, 2.75) is 0 Å². The van der Waals surface area contributed by atoms with Crippen LogP contribution in [0.2, 0.25) is 0 Å². The number of fused-ring (bicyclic) bond motifs is 2. The molecule has 0 radical (unpaired) electrons.